The molecule has 14 heavy (non-hydrogen) atoms. The zero-order valence-electron chi connectivity index (χ0n) is 7.30. The first-order valence-electron chi connectivity index (χ1n) is 4.19. The number of rotatable bonds is 1. The van der Waals surface area contributed by atoms with Gasteiger partial charge in [0.1, 0.15) is 5.82 Å². The highest BCUT2D eigenvalue weighted by atomic mass is 79.9. The highest BCUT2D eigenvalue weighted by molar-refractivity contribution is 9.10. The summed E-state index contributed by atoms with van der Waals surface area (Å²) in [5, 5.41) is 0. The monoisotopic (exact) mass is 249 g/mol. The van der Waals surface area contributed by atoms with Crippen LogP contribution in [0.3, 0.4) is 0 Å². The lowest BCUT2D eigenvalue weighted by Gasteiger charge is -2.02. The minimum atomic E-state index is -0.221. The highest BCUT2D eigenvalue weighted by Gasteiger charge is 2.03. The van der Waals surface area contributed by atoms with E-state index in [1.807, 2.05) is 24.3 Å². The summed E-state index contributed by atoms with van der Waals surface area (Å²) in [7, 11) is 0. The van der Waals surface area contributed by atoms with E-state index >= 15 is 0 Å². The van der Waals surface area contributed by atoms with Crippen LogP contribution in [-0.4, -0.2) is 0 Å². The van der Waals surface area contributed by atoms with Crippen LogP contribution >= 0.6 is 15.9 Å². The topological polar surface area (TPSA) is 0 Å². The Bertz CT molecular complexity index is 452. The van der Waals surface area contributed by atoms with Gasteiger partial charge in [-0.25, -0.2) is 4.39 Å². The van der Waals surface area contributed by atoms with Crippen molar-refractivity contribution >= 4 is 15.9 Å². The van der Waals surface area contributed by atoms with Crippen molar-refractivity contribution in [1.82, 2.24) is 0 Å². The van der Waals surface area contributed by atoms with Gasteiger partial charge in [0, 0.05) is 10.0 Å². The number of hydrogen-bond donors (Lipinski definition) is 0. The molecule has 0 amide bonds. The van der Waals surface area contributed by atoms with Crippen molar-refractivity contribution in [3.8, 4) is 11.1 Å². The van der Waals surface area contributed by atoms with Crippen LogP contribution < -0.4 is 0 Å². The maximum atomic E-state index is 13.4. The van der Waals surface area contributed by atoms with E-state index in [1.165, 1.54) is 6.07 Å². The van der Waals surface area contributed by atoms with Gasteiger partial charge in [0.25, 0.3) is 0 Å². The third-order valence-electron chi connectivity index (χ3n) is 1.95. The minimum Gasteiger partial charge on any atom is -0.206 e. The van der Waals surface area contributed by atoms with E-state index in [0.29, 0.717) is 5.56 Å². The second-order valence-electron chi connectivity index (χ2n) is 2.92. The zero-order chi connectivity index (χ0) is 9.97. The van der Waals surface area contributed by atoms with Gasteiger partial charge in [-0.2, -0.15) is 0 Å². The normalized spacial score (nSPS) is 10.1. The van der Waals surface area contributed by atoms with Gasteiger partial charge in [0.05, 0.1) is 0 Å². The Hall–Kier alpha value is -1.15. The lowest BCUT2D eigenvalue weighted by molar-refractivity contribution is 0.631. The molecule has 0 unspecified atom stereocenters. The molecule has 0 saturated heterocycles. The molecule has 0 nitrogen and oxygen atoms in total. The summed E-state index contributed by atoms with van der Waals surface area (Å²) in [4.78, 5) is 0. The van der Waals surface area contributed by atoms with E-state index < -0.39 is 0 Å². The van der Waals surface area contributed by atoms with Crippen LogP contribution in [0.4, 0.5) is 4.39 Å². The standard InChI is InChI=1S/C12H7BrF/c13-10-5-3-4-9(8-10)11-6-1-2-7-12(11)14/h2-8H. The van der Waals surface area contributed by atoms with Crippen LogP contribution in [0.15, 0.2) is 46.9 Å². The number of halogens is 2. The van der Waals surface area contributed by atoms with Crippen molar-refractivity contribution in [2.45, 2.75) is 0 Å². The van der Waals surface area contributed by atoms with Crippen LogP contribution in [0.5, 0.6) is 0 Å². The number of benzene rings is 2. The molecule has 0 fully saturated rings. The minimum absolute atomic E-state index is 0.221. The molecular weight excluding hydrogens is 243 g/mol. The first-order chi connectivity index (χ1) is 6.77. The first kappa shape index (κ1) is 9.41. The maximum Gasteiger partial charge on any atom is 0.131 e. The zero-order valence-corrected chi connectivity index (χ0v) is 8.88. The average molecular weight is 250 g/mol. The van der Waals surface area contributed by atoms with Gasteiger partial charge in [-0.1, -0.05) is 34.1 Å². The largest absolute Gasteiger partial charge is 0.206 e. The van der Waals surface area contributed by atoms with Crippen molar-refractivity contribution in [3.05, 3.63) is 58.8 Å². The molecule has 2 rings (SSSR count). The lowest BCUT2D eigenvalue weighted by Crippen LogP contribution is -1.82. The van der Waals surface area contributed by atoms with Crippen molar-refractivity contribution < 1.29 is 4.39 Å². The lowest BCUT2D eigenvalue weighted by atomic mass is 10.1. The Morgan fingerprint density at radius 1 is 1.21 bits per heavy atom. The van der Waals surface area contributed by atoms with Crippen molar-refractivity contribution in [1.29, 1.82) is 0 Å². The Balaban J connectivity index is 2.55. The summed E-state index contributed by atoms with van der Waals surface area (Å²) < 4.78 is 14.3. The third kappa shape index (κ3) is 1.85. The summed E-state index contributed by atoms with van der Waals surface area (Å²) >= 11 is 3.35. The van der Waals surface area contributed by atoms with E-state index in [0.717, 1.165) is 10.0 Å². The second-order valence-corrected chi connectivity index (χ2v) is 3.83. The molecule has 0 aliphatic heterocycles. The van der Waals surface area contributed by atoms with Gasteiger partial charge in [-0.05, 0) is 35.9 Å². The SMILES string of the molecule is Fc1cc[c]cc1-c1cccc(Br)c1. The molecule has 0 aliphatic carbocycles. The fraction of sp³-hybridized carbons (Fsp3) is 0. The molecule has 0 aromatic heterocycles. The molecule has 0 bridgehead atoms. The molecular formula is C12H7BrF. The van der Waals surface area contributed by atoms with Gasteiger partial charge in [-0.3, -0.25) is 0 Å². The fourth-order valence-corrected chi connectivity index (χ4v) is 1.69. The van der Waals surface area contributed by atoms with E-state index in [-0.39, 0.29) is 5.82 Å². The van der Waals surface area contributed by atoms with E-state index in [4.69, 9.17) is 0 Å². The van der Waals surface area contributed by atoms with Crippen LogP contribution in [0, 0.1) is 11.9 Å². The summed E-state index contributed by atoms with van der Waals surface area (Å²) in [6.07, 6.45) is 0. The predicted octanol–water partition coefficient (Wildman–Crippen LogP) is 4.06. The van der Waals surface area contributed by atoms with Crippen molar-refractivity contribution in [3.63, 3.8) is 0 Å². The van der Waals surface area contributed by atoms with Gasteiger partial charge in [-0.15, -0.1) is 0 Å². The van der Waals surface area contributed by atoms with E-state index in [2.05, 4.69) is 22.0 Å². The van der Waals surface area contributed by atoms with E-state index in [9.17, 15) is 4.39 Å². The Labute approximate surface area is 90.5 Å². The van der Waals surface area contributed by atoms with Crippen molar-refractivity contribution in [2.24, 2.45) is 0 Å². The molecule has 0 heterocycles. The molecule has 0 aliphatic rings. The van der Waals surface area contributed by atoms with Gasteiger partial charge in [0.15, 0.2) is 0 Å². The molecule has 2 heteroatoms. The Morgan fingerprint density at radius 2 is 2.07 bits per heavy atom. The molecule has 2 aromatic carbocycles. The molecule has 69 valence electrons. The molecule has 0 spiro atoms. The molecule has 0 N–H and O–H groups in total. The van der Waals surface area contributed by atoms with Crippen LogP contribution in [0.1, 0.15) is 0 Å². The molecule has 0 atom stereocenters. The second kappa shape index (κ2) is 3.93. The quantitative estimate of drug-likeness (QED) is 0.716. The van der Waals surface area contributed by atoms with Crippen LogP contribution in [-0.2, 0) is 0 Å². The van der Waals surface area contributed by atoms with Crippen LogP contribution in [0.2, 0.25) is 0 Å². The van der Waals surface area contributed by atoms with Gasteiger partial charge in [0.2, 0.25) is 0 Å². The maximum absolute atomic E-state index is 13.4. The predicted molar refractivity (Wildman–Crippen MR) is 58.4 cm³/mol. The Kier molecular flexibility index (Phi) is 2.64. The Morgan fingerprint density at radius 3 is 2.79 bits per heavy atom. The average Bonchev–Trinajstić information content (AvgIpc) is 2.18. The molecule has 0 saturated carbocycles. The van der Waals surface area contributed by atoms with Crippen LogP contribution in [0.25, 0.3) is 11.1 Å². The smallest absolute Gasteiger partial charge is 0.131 e. The molecule has 1 radical (unpaired) electrons. The summed E-state index contributed by atoms with van der Waals surface area (Å²) in [6.45, 7) is 0. The van der Waals surface area contributed by atoms with Gasteiger partial charge >= 0.3 is 0 Å². The summed E-state index contributed by atoms with van der Waals surface area (Å²) in [5.41, 5.74) is 1.43. The van der Waals surface area contributed by atoms with Gasteiger partial charge < -0.3 is 0 Å². The van der Waals surface area contributed by atoms with E-state index in [1.54, 1.807) is 12.1 Å². The van der Waals surface area contributed by atoms with Crippen molar-refractivity contribution in [2.75, 3.05) is 0 Å². The first-order valence-corrected chi connectivity index (χ1v) is 4.98. The fourth-order valence-electron chi connectivity index (χ4n) is 1.29. The third-order valence-corrected chi connectivity index (χ3v) is 2.44. The summed E-state index contributed by atoms with van der Waals surface area (Å²) in [5.74, 6) is -0.221. The summed E-state index contributed by atoms with van der Waals surface area (Å²) in [6, 6.07) is 15.0. The highest BCUT2D eigenvalue weighted by Crippen LogP contribution is 2.24. The molecule has 2 aromatic rings. The number of hydrogen-bond acceptors (Lipinski definition) is 0.